The molecule has 0 amide bonds. The van der Waals surface area contributed by atoms with Gasteiger partial charge in [0.2, 0.25) is 0 Å². The van der Waals surface area contributed by atoms with Crippen LogP contribution in [0.15, 0.2) is 23.2 Å². The number of alkyl halides is 3. The number of benzene rings is 1. The van der Waals surface area contributed by atoms with Crippen molar-refractivity contribution in [2.24, 2.45) is 10.7 Å². The van der Waals surface area contributed by atoms with Gasteiger partial charge in [0, 0.05) is 13.2 Å². The van der Waals surface area contributed by atoms with Gasteiger partial charge in [-0.25, -0.2) is 4.99 Å². The topological polar surface area (TPSA) is 68.9 Å². The Morgan fingerprint density at radius 3 is 2.50 bits per heavy atom. The van der Waals surface area contributed by atoms with Crippen LogP contribution in [0.5, 0.6) is 5.75 Å². The highest BCUT2D eigenvalue weighted by molar-refractivity contribution is 5.78. The van der Waals surface area contributed by atoms with Gasteiger partial charge >= 0.3 is 6.18 Å². The van der Waals surface area contributed by atoms with Gasteiger partial charge in [0.1, 0.15) is 5.75 Å². The van der Waals surface area contributed by atoms with Gasteiger partial charge in [-0.05, 0) is 38.5 Å². The fraction of sp³-hybridized carbons (Fsp3) is 0.562. The maximum Gasteiger partial charge on any atom is 0.416 e. The van der Waals surface area contributed by atoms with Crippen molar-refractivity contribution >= 4 is 5.96 Å². The molecule has 136 valence electrons. The lowest BCUT2D eigenvalue weighted by molar-refractivity contribution is -0.138. The molecule has 0 spiro atoms. The Hall–Kier alpha value is -1.96. The molecule has 8 heteroatoms. The molecule has 0 aliphatic heterocycles. The number of rotatable bonds is 7. The fourth-order valence-corrected chi connectivity index (χ4v) is 2.06. The number of methoxy groups -OCH3 is 1. The first-order valence-electron chi connectivity index (χ1n) is 7.55. The molecule has 1 unspecified atom stereocenters. The van der Waals surface area contributed by atoms with Gasteiger partial charge in [-0.1, -0.05) is 6.07 Å². The number of aliphatic imine (C=N–C) groups is 1. The molecule has 0 fully saturated rings. The summed E-state index contributed by atoms with van der Waals surface area (Å²) in [4.78, 5) is 3.97. The number of hydrogen-bond acceptors (Lipinski definition) is 3. The van der Waals surface area contributed by atoms with Crippen LogP contribution in [0.4, 0.5) is 13.2 Å². The first kappa shape index (κ1) is 20.1. The minimum atomic E-state index is -4.49. The quantitative estimate of drug-likeness (QED) is 0.588. The number of nitrogens with two attached hydrogens (primary N) is 1. The third-order valence-corrected chi connectivity index (χ3v) is 2.99. The number of halogens is 3. The van der Waals surface area contributed by atoms with E-state index in [4.69, 9.17) is 15.2 Å². The summed E-state index contributed by atoms with van der Waals surface area (Å²) in [5.41, 5.74) is 4.94. The zero-order valence-corrected chi connectivity index (χ0v) is 14.3. The maximum atomic E-state index is 13.2. The van der Waals surface area contributed by atoms with Crippen LogP contribution in [-0.4, -0.2) is 31.8 Å². The largest absolute Gasteiger partial charge is 0.491 e. The molecule has 1 rings (SSSR count). The number of nitrogens with zero attached hydrogens (tertiary/aromatic N) is 1. The van der Waals surface area contributed by atoms with E-state index < -0.39 is 11.7 Å². The average molecular weight is 347 g/mol. The highest BCUT2D eigenvalue weighted by atomic mass is 19.4. The molecule has 24 heavy (non-hydrogen) atoms. The molecule has 1 atom stereocenters. The summed E-state index contributed by atoms with van der Waals surface area (Å²) in [6.07, 6.45) is -4.70. The number of nitrogens with one attached hydrogen (secondary N) is 1. The summed E-state index contributed by atoms with van der Waals surface area (Å²) < 4.78 is 50.0. The minimum absolute atomic E-state index is 0.0303. The second-order valence-corrected chi connectivity index (χ2v) is 5.69. The Balaban J connectivity index is 2.94. The third-order valence-electron chi connectivity index (χ3n) is 2.99. The molecule has 3 N–H and O–H groups in total. The van der Waals surface area contributed by atoms with Crippen molar-refractivity contribution in [1.82, 2.24) is 5.32 Å². The van der Waals surface area contributed by atoms with E-state index >= 15 is 0 Å². The van der Waals surface area contributed by atoms with Crippen LogP contribution in [0, 0.1) is 0 Å². The molecule has 0 aromatic heterocycles. The fourth-order valence-electron chi connectivity index (χ4n) is 2.06. The standard InChI is InChI=1S/C16H24F3N3O2/c1-10(2)24-13-6-5-12(14(7-13)16(17,18)19)8-21-15(20)22-11(3)9-23-4/h5-7,10-11H,8-9H2,1-4H3,(H3,20,21,22). The highest BCUT2D eigenvalue weighted by Crippen LogP contribution is 2.35. The van der Waals surface area contributed by atoms with Gasteiger partial charge in [-0.2, -0.15) is 13.2 Å². The van der Waals surface area contributed by atoms with Crippen LogP contribution in [0.2, 0.25) is 0 Å². The van der Waals surface area contributed by atoms with Gasteiger partial charge in [0.05, 0.1) is 24.8 Å². The number of guanidine groups is 1. The summed E-state index contributed by atoms with van der Waals surface area (Å²) >= 11 is 0. The van der Waals surface area contributed by atoms with E-state index in [1.54, 1.807) is 21.0 Å². The second kappa shape index (κ2) is 8.77. The van der Waals surface area contributed by atoms with E-state index in [0.717, 1.165) is 6.07 Å². The van der Waals surface area contributed by atoms with Crippen molar-refractivity contribution in [2.45, 2.75) is 45.6 Å². The summed E-state index contributed by atoms with van der Waals surface area (Å²) in [6.45, 7) is 5.55. The molecule has 0 bridgehead atoms. The Kier molecular flexibility index (Phi) is 7.34. The third kappa shape index (κ3) is 6.66. The summed E-state index contributed by atoms with van der Waals surface area (Å²) in [5, 5.41) is 2.84. The zero-order chi connectivity index (χ0) is 18.3. The van der Waals surface area contributed by atoms with Crippen molar-refractivity contribution in [2.75, 3.05) is 13.7 Å². The van der Waals surface area contributed by atoms with Crippen LogP contribution in [-0.2, 0) is 17.5 Å². The lowest BCUT2D eigenvalue weighted by Crippen LogP contribution is -2.40. The minimum Gasteiger partial charge on any atom is -0.491 e. The molecule has 0 saturated carbocycles. The lowest BCUT2D eigenvalue weighted by Gasteiger charge is -2.16. The first-order chi connectivity index (χ1) is 11.1. The van der Waals surface area contributed by atoms with E-state index in [2.05, 4.69) is 10.3 Å². The van der Waals surface area contributed by atoms with E-state index in [1.807, 2.05) is 6.92 Å². The summed E-state index contributed by atoms with van der Waals surface area (Å²) in [7, 11) is 1.54. The molecule has 0 aliphatic rings. The van der Waals surface area contributed by atoms with E-state index in [9.17, 15) is 13.2 Å². The Labute approximate surface area is 140 Å². The average Bonchev–Trinajstić information content (AvgIpc) is 2.44. The van der Waals surface area contributed by atoms with E-state index in [1.165, 1.54) is 12.1 Å². The molecule has 0 heterocycles. The van der Waals surface area contributed by atoms with E-state index in [0.29, 0.717) is 6.61 Å². The number of ether oxygens (including phenoxy) is 2. The monoisotopic (exact) mass is 347 g/mol. The molecule has 0 aliphatic carbocycles. The van der Waals surface area contributed by atoms with E-state index in [-0.39, 0.29) is 36.0 Å². The molecule has 1 aromatic rings. The van der Waals surface area contributed by atoms with Gasteiger partial charge in [0.15, 0.2) is 5.96 Å². The van der Waals surface area contributed by atoms with Gasteiger partial charge in [0.25, 0.3) is 0 Å². The SMILES string of the molecule is COCC(C)NC(N)=NCc1ccc(OC(C)C)cc1C(F)(F)F. The van der Waals surface area contributed by atoms with Gasteiger partial charge in [-0.15, -0.1) is 0 Å². The van der Waals surface area contributed by atoms with Crippen LogP contribution in [0.3, 0.4) is 0 Å². The first-order valence-corrected chi connectivity index (χ1v) is 7.55. The Morgan fingerprint density at radius 1 is 1.29 bits per heavy atom. The zero-order valence-electron chi connectivity index (χ0n) is 14.3. The molecule has 0 radical (unpaired) electrons. The van der Waals surface area contributed by atoms with Crippen LogP contribution in [0.1, 0.15) is 31.9 Å². The molecular formula is C16H24F3N3O2. The predicted molar refractivity (Wildman–Crippen MR) is 87.0 cm³/mol. The molecule has 1 aromatic carbocycles. The molecule has 0 saturated heterocycles. The number of hydrogen-bond donors (Lipinski definition) is 2. The normalized spacial score (nSPS) is 13.9. The van der Waals surface area contributed by atoms with Crippen molar-refractivity contribution in [3.8, 4) is 5.75 Å². The van der Waals surface area contributed by atoms with Crippen molar-refractivity contribution in [3.05, 3.63) is 29.3 Å². The van der Waals surface area contributed by atoms with Crippen LogP contribution < -0.4 is 15.8 Å². The summed E-state index contributed by atoms with van der Waals surface area (Å²) in [5.74, 6) is 0.236. The Morgan fingerprint density at radius 2 is 1.96 bits per heavy atom. The predicted octanol–water partition coefficient (Wildman–Crippen LogP) is 2.93. The maximum absolute atomic E-state index is 13.2. The van der Waals surface area contributed by atoms with Crippen molar-refractivity contribution in [3.63, 3.8) is 0 Å². The highest BCUT2D eigenvalue weighted by Gasteiger charge is 2.33. The van der Waals surface area contributed by atoms with Gasteiger partial charge in [-0.3, -0.25) is 0 Å². The molecular weight excluding hydrogens is 323 g/mol. The lowest BCUT2D eigenvalue weighted by atomic mass is 10.1. The second-order valence-electron chi connectivity index (χ2n) is 5.69. The van der Waals surface area contributed by atoms with Gasteiger partial charge < -0.3 is 20.5 Å². The van der Waals surface area contributed by atoms with Crippen molar-refractivity contribution < 1.29 is 22.6 Å². The summed E-state index contributed by atoms with van der Waals surface area (Å²) in [6, 6.07) is 3.75. The van der Waals surface area contributed by atoms with Crippen LogP contribution >= 0.6 is 0 Å². The molecule has 5 nitrogen and oxygen atoms in total. The van der Waals surface area contributed by atoms with Crippen LogP contribution in [0.25, 0.3) is 0 Å². The smallest absolute Gasteiger partial charge is 0.416 e. The Bertz CT molecular complexity index is 560. The van der Waals surface area contributed by atoms with Crippen molar-refractivity contribution in [1.29, 1.82) is 0 Å².